The number of rotatable bonds is 6. The van der Waals surface area contributed by atoms with Crippen LogP contribution in [0.15, 0.2) is 41.6 Å². The first kappa shape index (κ1) is 22.3. The summed E-state index contributed by atoms with van der Waals surface area (Å²) in [6, 6.07) is 5.67. The van der Waals surface area contributed by atoms with E-state index in [0.717, 1.165) is 0 Å². The van der Waals surface area contributed by atoms with Crippen LogP contribution in [0.2, 0.25) is 0 Å². The summed E-state index contributed by atoms with van der Waals surface area (Å²) in [5.74, 6) is 1.10. The zero-order chi connectivity index (χ0) is 22.7. The van der Waals surface area contributed by atoms with E-state index >= 15 is 0 Å². The maximum absolute atomic E-state index is 13.5. The standard InChI is InChI=1S/C21H27N5O5S/c1-30-16-6-7-18(31-2)19(15-16)32(28,29)26-10-3-5-17(26)20(27)24-11-13-25(14-12-24)21-22-8-4-9-23-21/h4,6-9,15,17H,3,5,10-14H2,1-2H3/t17-/m0/s1. The van der Waals surface area contributed by atoms with Crippen LogP contribution < -0.4 is 14.4 Å². The van der Waals surface area contributed by atoms with E-state index in [0.29, 0.717) is 50.7 Å². The van der Waals surface area contributed by atoms with Gasteiger partial charge in [0, 0.05) is 51.2 Å². The van der Waals surface area contributed by atoms with Gasteiger partial charge in [0.25, 0.3) is 0 Å². The number of hydrogen-bond donors (Lipinski definition) is 0. The van der Waals surface area contributed by atoms with E-state index < -0.39 is 16.1 Å². The molecule has 4 rings (SSSR count). The summed E-state index contributed by atoms with van der Waals surface area (Å²) in [6.07, 6.45) is 4.49. The van der Waals surface area contributed by atoms with Crippen molar-refractivity contribution in [3.05, 3.63) is 36.7 Å². The van der Waals surface area contributed by atoms with Crippen LogP contribution in [0.25, 0.3) is 0 Å². The van der Waals surface area contributed by atoms with E-state index in [2.05, 4.69) is 9.97 Å². The third-order valence-corrected chi connectivity index (χ3v) is 7.80. The molecule has 1 aromatic carbocycles. The fourth-order valence-corrected chi connectivity index (χ4v) is 6.00. The lowest BCUT2D eigenvalue weighted by molar-refractivity contribution is -0.134. The number of amides is 1. The van der Waals surface area contributed by atoms with Crippen molar-refractivity contribution >= 4 is 21.9 Å². The zero-order valence-corrected chi connectivity index (χ0v) is 19.0. The minimum absolute atomic E-state index is 0.00472. The molecule has 11 heteroatoms. The Hall–Kier alpha value is -2.92. The lowest BCUT2D eigenvalue weighted by atomic mass is 10.2. The summed E-state index contributed by atoms with van der Waals surface area (Å²) in [6.45, 7) is 2.46. The molecular formula is C21H27N5O5S. The molecule has 2 saturated heterocycles. The van der Waals surface area contributed by atoms with Crippen LogP contribution in [0.5, 0.6) is 11.5 Å². The lowest BCUT2D eigenvalue weighted by Crippen LogP contribution is -2.54. The Morgan fingerprint density at radius 2 is 1.75 bits per heavy atom. The van der Waals surface area contributed by atoms with Crippen LogP contribution in [0.4, 0.5) is 5.95 Å². The van der Waals surface area contributed by atoms with Crippen molar-refractivity contribution in [2.45, 2.75) is 23.8 Å². The summed E-state index contributed by atoms with van der Waals surface area (Å²) in [7, 11) is -1.06. The molecule has 172 valence electrons. The van der Waals surface area contributed by atoms with Gasteiger partial charge in [-0.2, -0.15) is 4.31 Å². The van der Waals surface area contributed by atoms with Crippen molar-refractivity contribution in [3.63, 3.8) is 0 Å². The number of carbonyl (C=O) groups is 1. The van der Waals surface area contributed by atoms with Crippen molar-refractivity contribution in [3.8, 4) is 11.5 Å². The molecule has 0 N–H and O–H groups in total. The predicted octanol–water partition coefficient (Wildman–Crippen LogP) is 0.996. The molecule has 2 fully saturated rings. The number of ether oxygens (including phenoxy) is 2. The first-order valence-electron chi connectivity index (χ1n) is 10.5. The van der Waals surface area contributed by atoms with Gasteiger partial charge in [0.15, 0.2) is 0 Å². The lowest BCUT2D eigenvalue weighted by Gasteiger charge is -2.37. The fraction of sp³-hybridized carbons (Fsp3) is 0.476. The molecule has 0 unspecified atom stereocenters. The number of aromatic nitrogens is 2. The van der Waals surface area contributed by atoms with Gasteiger partial charge in [0.2, 0.25) is 21.9 Å². The minimum atomic E-state index is -3.95. The van der Waals surface area contributed by atoms with Gasteiger partial charge in [-0.05, 0) is 31.0 Å². The monoisotopic (exact) mass is 461 g/mol. The predicted molar refractivity (Wildman–Crippen MR) is 117 cm³/mol. The first-order valence-corrected chi connectivity index (χ1v) is 11.9. The molecule has 1 atom stereocenters. The van der Waals surface area contributed by atoms with Gasteiger partial charge in [-0.3, -0.25) is 4.79 Å². The normalized spacial score (nSPS) is 19.8. The van der Waals surface area contributed by atoms with Crippen molar-refractivity contribution in [1.82, 2.24) is 19.2 Å². The molecule has 2 aliphatic heterocycles. The van der Waals surface area contributed by atoms with E-state index in [-0.39, 0.29) is 23.1 Å². The molecule has 1 amide bonds. The maximum atomic E-state index is 13.5. The smallest absolute Gasteiger partial charge is 0.247 e. The van der Waals surface area contributed by atoms with E-state index in [9.17, 15) is 13.2 Å². The number of hydrogen-bond acceptors (Lipinski definition) is 8. The van der Waals surface area contributed by atoms with Crippen molar-refractivity contribution in [2.75, 3.05) is 51.8 Å². The number of anilines is 1. The Morgan fingerprint density at radius 1 is 1.03 bits per heavy atom. The van der Waals surface area contributed by atoms with Gasteiger partial charge < -0.3 is 19.3 Å². The largest absolute Gasteiger partial charge is 0.497 e. The van der Waals surface area contributed by atoms with Crippen molar-refractivity contribution in [1.29, 1.82) is 0 Å². The molecular weight excluding hydrogens is 434 g/mol. The average molecular weight is 462 g/mol. The highest BCUT2D eigenvalue weighted by molar-refractivity contribution is 7.89. The second-order valence-corrected chi connectivity index (χ2v) is 9.51. The Kier molecular flexibility index (Phi) is 6.47. The van der Waals surface area contributed by atoms with Crippen LogP contribution in [-0.2, 0) is 14.8 Å². The number of nitrogens with zero attached hydrogens (tertiary/aromatic N) is 5. The molecule has 3 heterocycles. The average Bonchev–Trinajstić information content (AvgIpc) is 3.35. The number of benzene rings is 1. The number of methoxy groups -OCH3 is 2. The van der Waals surface area contributed by atoms with Crippen LogP contribution in [0, 0.1) is 0 Å². The van der Waals surface area contributed by atoms with Gasteiger partial charge in [-0.1, -0.05) is 0 Å². The summed E-state index contributed by atoms with van der Waals surface area (Å²) < 4.78 is 38.8. The third kappa shape index (κ3) is 4.22. The molecule has 0 saturated carbocycles. The molecule has 0 bridgehead atoms. The quantitative estimate of drug-likeness (QED) is 0.627. The molecule has 32 heavy (non-hydrogen) atoms. The van der Waals surface area contributed by atoms with E-state index in [1.807, 2.05) is 4.90 Å². The van der Waals surface area contributed by atoms with Crippen molar-refractivity contribution in [2.24, 2.45) is 0 Å². The van der Waals surface area contributed by atoms with Gasteiger partial charge in [0.1, 0.15) is 22.4 Å². The van der Waals surface area contributed by atoms with Crippen LogP contribution in [-0.4, -0.2) is 86.5 Å². The second-order valence-electron chi connectivity index (χ2n) is 7.65. The van der Waals surface area contributed by atoms with Crippen LogP contribution in [0.3, 0.4) is 0 Å². The Balaban J connectivity index is 1.51. The molecule has 0 radical (unpaired) electrons. The minimum Gasteiger partial charge on any atom is -0.497 e. The molecule has 2 aromatic rings. The third-order valence-electron chi connectivity index (χ3n) is 5.87. The first-order chi connectivity index (χ1) is 15.5. The van der Waals surface area contributed by atoms with Gasteiger partial charge in [-0.15, -0.1) is 0 Å². The Morgan fingerprint density at radius 3 is 2.41 bits per heavy atom. The molecule has 0 spiro atoms. The summed E-state index contributed by atoms with van der Waals surface area (Å²) in [5, 5.41) is 0. The fourth-order valence-electron chi connectivity index (χ4n) is 4.18. The highest BCUT2D eigenvalue weighted by atomic mass is 32.2. The van der Waals surface area contributed by atoms with E-state index in [1.54, 1.807) is 35.5 Å². The zero-order valence-electron chi connectivity index (χ0n) is 18.2. The van der Waals surface area contributed by atoms with Crippen LogP contribution >= 0.6 is 0 Å². The second kappa shape index (κ2) is 9.29. The maximum Gasteiger partial charge on any atom is 0.247 e. The van der Waals surface area contributed by atoms with Gasteiger partial charge in [0.05, 0.1) is 14.2 Å². The summed E-state index contributed by atoms with van der Waals surface area (Å²) in [5.41, 5.74) is 0. The highest BCUT2D eigenvalue weighted by Gasteiger charge is 2.42. The van der Waals surface area contributed by atoms with Crippen molar-refractivity contribution < 1.29 is 22.7 Å². The van der Waals surface area contributed by atoms with Crippen LogP contribution in [0.1, 0.15) is 12.8 Å². The topological polar surface area (TPSA) is 105 Å². The van der Waals surface area contributed by atoms with E-state index in [1.165, 1.54) is 24.6 Å². The Labute approximate surface area is 187 Å². The van der Waals surface area contributed by atoms with E-state index in [4.69, 9.17) is 9.47 Å². The summed E-state index contributed by atoms with van der Waals surface area (Å²) in [4.78, 5) is 25.6. The Bertz CT molecular complexity index is 1060. The molecule has 0 aliphatic carbocycles. The van der Waals surface area contributed by atoms with Gasteiger partial charge >= 0.3 is 0 Å². The highest BCUT2D eigenvalue weighted by Crippen LogP contribution is 2.34. The summed E-state index contributed by atoms with van der Waals surface area (Å²) >= 11 is 0. The molecule has 10 nitrogen and oxygen atoms in total. The SMILES string of the molecule is COc1ccc(OC)c(S(=O)(=O)N2CCC[C@H]2C(=O)N2CCN(c3ncccn3)CC2)c1. The number of piperazine rings is 1. The number of sulfonamides is 1. The number of carbonyl (C=O) groups excluding carboxylic acids is 1. The molecule has 1 aromatic heterocycles. The van der Waals surface area contributed by atoms with Gasteiger partial charge in [-0.25, -0.2) is 18.4 Å². The molecule has 2 aliphatic rings.